The molecule has 0 spiro atoms. The zero-order chi connectivity index (χ0) is 36.3. The monoisotopic (exact) mass is 703 g/mol. The molecule has 0 N–H and O–H groups in total. The molecule has 7 heteroatoms. The Morgan fingerprint density at radius 2 is 1.46 bits per heavy atom. The average molecular weight is 703 g/mol. The first-order chi connectivity index (χ1) is 21.8. The largest absolute Gasteiger partial charge is 0.458 e. The van der Waals surface area contributed by atoms with Gasteiger partial charge in [0.2, 0.25) is 0 Å². The second-order valence-electron chi connectivity index (χ2n) is 19.9. The normalized spacial score (nSPS) is 33.6. The summed E-state index contributed by atoms with van der Waals surface area (Å²) in [6.45, 7) is 37.3. The van der Waals surface area contributed by atoms with E-state index in [1.807, 2.05) is 6.92 Å². The molecule has 4 aliphatic carbocycles. The van der Waals surface area contributed by atoms with Crippen molar-refractivity contribution in [2.45, 2.75) is 195 Å². The highest BCUT2D eigenvalue weighted by Crippen LogP contribution is 2.66. The lowest BCUT2D eigenvalue weighted by Gasteiger charge is -2.59. The number of carbonyl (C=O) groups excluding carboxylic acids is 1. The molecule has 0 aromatic rings. The molecule has 3 saturated carbocycles. The topological polar surface area (TPSA) is 54.0 Å². The fourth-order valence-corrected chi connectivity index (χ4v) is 12.0. The molecule has 0 saturated heterocycles. The van der Waals surface area contributed by atoms with Crippen LogP contribution in [0.15, 0.2) is 23.3 Å². The first kappa shape index (κ1) is 40.0. The minimum Gasteiger partial charge on any atom is -0.458 e. The molecule has 0 amide bonds. The van der Waals surface area contributed by atoms with E-state index in [1.54, 1.807) is 11.1 Å². The summed E-state index contributed by atoms with van der Waals surface area (Å²) in [5.74, 6) is 1.21. The van der Waals surface area contributed by atoms with Gasteiger partial charge in [-0.2, -0.15) is 0 Å². The lowest BCUT2D eigenvalue weighted by atomic mass is 9.49. The highest BCUT2D eigenvalue weighted by Gasteiger charge is 2.61. The third kappa shape index (κ3) is 7.43. The summed E-state index contributed by atoms with van der Waals surface area (Å²) < 4.78 is 26.9. The van der Waals surface area contributed by atoms with Gasteiger partial charge in [-0.3, -0.25) is 0 Å². The minimum atomic E-state index is -2.05. The minimum absolute atomic E-state index is 0.0158. The van der Waals surface area contributed by atoms with Crippen LogP contribution < -0.4 is 0 Å². The number of ether oxygens (including phenoxy) is 2. The number of allylic oxidation sites excluding steroid dienone is 3. The van der Waals surface area contributed by atoms with Gasteiger partial charge in [-0.05, 0) is 125 Å². The van der Waals surface area contributed by atoms with E-state index in [1.165, 1.54) is 19.3 Å². The summed E-state index contributed by atoms with van der Waals surface area (Å²) in [5, 5.41) is 0.322. The molecule has 0 heterocycles. The molecule has 4 aliphatic rings. The first-order valence-electron chi connectivity index (χ1n) is 19.5. The maximum atomic E-state index is 12.8. The Balaban J connectivity index is 1.60. The quantitative estimate of drug-likeness (QED) is 0.158. The smallest absolute Gasteiger partial charge is 0.332 e. The SMILES string of the molecule is CCC(C)(CC)OC(=O)COC(C)[C@H]1CC[C@H]2C3=CC=C4CC(O[Si](C)(C)C(C)(C)C)CC(O[Si](C)(C)C(C)(C)C)[C@]4(C)[C@H]3CC[C@]12C. The maximum Gasteiger partial charge on any atom is 0.332 e. The van der Waals surface area contributed by atoms with Crippen molar-refractivity contribution in [2.75, 3.05) is 6.61 Å². The molecule has 276 valence electrons. The molecule has 8 atom stereocenters. The fourth-order valence-electron chi connectivity index (χ4n) is 9.22. The van der Waals surface area contributed by atoms with Gasteiger partial charge in [-0.25, -0.2) is 4.79 Å². The van der Waals surface area contributed by atoms with Crippen LogP contribution in [0.3, 0.4) is 0 Å². The number of esters is 1. The Morgan fingerprint density at radius 1 is 0.875 bits per heavy atom. The van der Waals surface area contributed by atoms with Crippen LogP contribution in [0.2, 0.25) is 36.3 Å². The summed E-state index contributed by atoms with van der Waals surface area (Å²) in [5.41, 5.74) is 2.93. The number of rotatable bonds is 11. The van der Waals surface area contributed by atoms with Gasteiger partial charge in [0.05, 0.1) is 18.3 Å². The lowest BCUT2D eigenvalue weighted by Crippen LogP contribution is -2.58. The number of hydrogen-bond acceptors (Lipinski definition) is 5. The standard InChI is InChI=1S/C41H74O5Si2/c1-17-39(10,18-2)44-36(42)27-43-28(3)32-21-22-33-31-20-19-29-25-30(45-47(13,14)37(4,5)6)26-35(46-48(15,16)38(7,8)9)41(29,12)34(31)23-24-40(32,33)11/h19-20,28,30,32-35H,17-18,21-27H2,1-16H3/t28?,30?,32-,33+,34+,35?,40-,41+/m1/s1. The summed E-state index contributed by atoms with van der Waals surface area (Å²) >= 11 is 0. The molecule has 0 aromatic heterocycles. The maximum absolute atomic E-state index is 12.8. The second kappa shape index (κ2) is 13.7. The lowest BCUT2D eigenvalue weighted by molar-refractivity contribution is -0.168. The highest BCUT2D eigenvalue weighted by molar-refractivity contribution is 6.74. The van der Waals surface area contributed by atoms with Gasteiger partial charge in [-0.1, -0.05) is 92.5 Å². The van der Waals surface area contributed by atoms with E-state index in [0.29, 0.717) is 17.8 Å². The van der Waals surface area contributed by atoms with Crippen LogP contribution in [0.25, 0.3) is 0 Å². The number of fused-ring (bicyclic) bond motifs is 5. The predicted molar refractivity (Wildman–Crippen MR) is 205 cm³/mol. The third-order valence-corrected chi connectivity index (χ3v) is 24.1. The first-order valence-corrected chi connectivity index (χ1v) is 25.3. The van der Waals surface area contributed by atoms with Crippen molar-refractivity contribution in [2.24, 2.45) is 28.6 Å². The van der Waals surface area contributed by atoms with E-state index in [-0.39, 0.29) is 51.8 Å². The van der Waals surface area contributed by atoms with Gasteiger partial charge in [0.25, 0.3) is 0 Å². The van der Waals surface area contributed by atoms with Gasteiger partial charge < -0.3 is 18.3 Å². The molecule has 3 unspecified atom stereocenters. The van der Waals surface area contributed by atoms with E-state index in [0.717, 1.165) is 32.1 Å². The van der Waals surface area contributed by atoms with Crippen LogP contribution in [0.1, 0.15) is 134 Å². The molecular formula is C41H74O5Si2. The summed E-state index contributed by atoms with van der Waals surface area (Å²) in [7, 11) is -3.98. The predicted octanol–water partition coefficient (Wildman–Crippen LogP) is 11.4. The second-order valence-corrected chi connectivity index (χ2v) is 29.4. The van der Waals surface area contributed by atoms with E-state index in [9.17, 15) is 4.79 Å². The zero-order valence-electron chi connectivity index (χ0n) is 34.0. The van der Waals surface area contributed by atoms with Gasteiger partial charge in [-0.15, -0.1) is 0 Å². The Labute approximate surface area is 298 Å². The molecule has 0 bridgehead atoms. The van der Waals surface area contributed by atoms with Crippen LogP contribution in [0.4, 0.5) is 0 Å². The van der Waals surface area contributed by atoms with Gasteiger partial charge in [0.15, 0.2) is 16.6 Å². The van der Waals surface area contributed by atoms with Crippen LogP contribution in [-0.4, -0.2) is 53.1 Å². The molecule has 48 heavy (non-hydrogen) atoms. The molecule has 0 aromatic carbocycles. The zero-order valence-corrected chi connectivity index (χ0v) is 36.0. The summed E-state index contributed by atoms with van der Waals surface area (Å²) in [6, 6.07) is 0. The molecule has 0 radical (unpaired) electrons. The van der Waals surface area contributed by atoms with Gasteiger partial charge >= 0.3 is 5.97 Å². The van der Waals surface area contributed by atoms with E-state index in [4.69, 9.17) is 18.3 Å². The van der Waals surface area contributed by atoms with Crippen molar-refractivity contribution < 1.29 is 23.1 Å². The van der Waals surface area contributed by atoms with Crippen LogP contribution >= 0.6 is 0 Å². The van der Waals surface area contributed by atoms with E-state index < -0.39 is 22.2 Å². The van der Waals surface area contributed by atoms with Crippen LogP contribution in [0.5, 0.6) is 0 Å². The highest BCUT2D eigenvalue weighted by atomic mass is 28.4. The Bertz CT molecular complexity index is 1230. The van der Waals surface area contributed by atoms with E-state index >= 15 is 0 Å². The molecule has 5 nitrogen and oxygen atoms in total. The number of carbonyl (C=O) groups is 1. The Kier molecular flexibility index (Phi) is 11.4. The van der Waals surface area contributed by atoms with Crippen molar-refractivity contribution >= 4 is 22.6 Å². The van der Waals surface area contributed by atoms with Crippen molar-refractivity contribution in [1.82, 2.24) is 0 Å². The van der Waals surface area contributed by atoms with Crippen LogP contribution in [0, 0.1) is 28.6 Å². The van der Waals surface area contributed by atoms with Gasteiger partial charge in [0, 0.05) is 5.41 Å². The Morgan fingerprint density at radius 3 is 2.02 bits per heavy atom. The Hall–Kier alpha value is -0.736. The van der Waals surface area contributed by atoms with Crippen molar-refractivity contribution in [1.29, 1.82) is 0 Å². The van der Waals surface area contributed by atoms with E-state index in [2.05, 4.69) is 115 Å². The summed E-state index contributed by atoms with van der Waals surface area (Å²) in [6.07, 6.45) is 13.7. The van der Waals surface area contributed by atoms with Crippen molar-refractivity contribution in [3.63, 3.8) is 0 Å². The van der Waals surface area contributed by atoms with Gasteiger partial charge in [0.1, 0.15) is 12.2 Å². The van der Waals surface area contributed by atoms with Crippen molar-refractivity contribution in [3.05, 3.63) is 23.3 Å². The third-order valence-electron chi connectivity index (χ3n) is 15.1. The molecule has 0 aliphatic heterocycles. The molecule has 3 fully saturated rings. The summed E-state index contributed by atoms with van der Waals surface area (Å²) in [4.78, 5) is 12.8. The van der Waals surface area contributed by atoms with Crippen LogP contribution in [-0.2, 0) is 23.1 Å². The fraction of sp³-hybridized carbons (Fsp3) is 0.878. The molecule has 4 rings (SSSR count). The molecular weight excluding hydrogens is 629 g/mol. The average Bonchev–Trinajstić information content (AvgIpc) is 3.32. The van der Waals surface area contributed by atoms with Crippen molar-refractivity contribution in [3.8, 4) is 0 Å². The number of hydrogen-bond donors (Lipinski definition) is 0.